The zero-order chi connectivity index (χ0) is 15.2. The van der Waals surface area contributed by atoms with Crippen molar-refractivity contribution in [3.05, 3.63) is 26.6 Å². The lowest BCUT2D eigenvalue weighted by atomic mass is 10.1. The van der Waals surface area contributed by atoms with Crippen molar-refractivity contribution in [2.24, 2.45) is 0 Å². The summed E-state index contributed by atoms with van der Waals surface area (Å²) in [4.78, 5) is 0.345. The number of nitrogens with one attached hydrogen (secondary N) is 1. The van der Waals surface area contributed by atoms with Crippen molar-refractivity contribution in [2.45, 2.75) is 43.2 Å². The van der Waals surface area contributed by atoms with Crippen LogP contribution in [-0.4, -0.2) is 37.9 Å². The first-order valence-electron chi connectivity index (χ1n) is 7.10. The van der Waals surface area contributed by atoms with Crippen molar-refractivity contribution in [1.82, 2.24) is 9.62 Å². The smallest absolute Gasteiger partial charge is 0.244 e. The molecule has 3 rings (SSSR count). The summed E-state index contributed by atoms with van der Waals surface area (Å²) in [6, 6.07) is 4.31. The summed E-state index contributed by atoms with van der Waals surface area (Å²) < 4.78 is 29.0. The summed E-state index contributed by atoms with van der Waals surface area (Å²) in [6.07, 6.45) is 3.12. The van der Waals surface area contributed by atoms with Gasteiger partial charge in [0, 0.05) is 34.1 Å². The Balaban J connectivity index is 1.95. The maximum atomic E-state index is 12.9. The number of rotatable bonds is 2. The molecule has 2 heterocycles. The number of hydrogen-bond donors (Lipinski definition) is 1. The highest BCUT2D eigenvalue weighted by atomic mass is 79.9. The largest absolute Gasteiger partial charge is 0.310 e. The van der Waals surface area contributed by atoms with E-state index in [1.807, 2.05) is 13.0 Å². The van der Waals surface area contributed by atoms with Gasteiger partial charge in [0.15, 0.2) is 0 Å². The lowest BCUT2D eigenvalue weighted by Crippen LogP contribution is -2.39. The summed E-state index contributed by atoms with van der Waals surface area (Å²) in [6.45, 7) is 3.10. The summed E-state index contributed by atoms with van der Waals surface area (Å²) in [7, 11) is -3.46. The number of fused-ring (bicyclic) bond motifs is 2. The molecule has 0 spiro atoms. The second kappa shape index (κ2) is 5.92. The van der Waals surface area contributed by atoms with Gasteiger partial charge in [0.05, 0.1) is 4.90 Å². The molecule has 2 atom stereocenters. The zero-order valence-electron chi connectivity index (χ0n) is 11.8. The molecule has 2 fully saturated rings. The first-order valence-corrected chi connectivity index (χ1v) is 10.1. The van der Waals surface area contributed by atoms with E-state index in [0.717, 1.165) is 22.9 Å². The van der Waals surface area contributed by atoms with Gasteiger partial charge in [-0.1, -0.05) is 15.9 Å². The molecule has 0 aliphatic carbocycles. The molecule has 2 unspecified atom stereocenters. The van der Waals surface area contributed by atoms with Crippen LogP contribution in [0.4, 0.5) is 0 Å². The van der Waals surface area contributed by atoms with Crippen molar-refractivity contribution < 1.29 is 8.42 Å². The minimum absolute atomic E-state index is 0.292. The molecule has 4 nitrogen and oxygen atoms in total. The molecule has 7 heteroatoms. The van der Waals surface area contributed by atoms with Crippen molar-refractivity contribution in [1.29, 1.82) is 0 Å². The molecule has 0 aromatic heterocycles. The van der Waals surface area contributed by atoms with Gasteiger partial charge in [0.2, 0.25) is 10.0 Å². The second-order valence-corrected chi connectivity index (χ2v) is 9.44. The van der Waals surface area contributed by atoms with E-state index < -0.39 is 10.0 Å². The number of aryl methyl sites for hydroxylation is 1. The van der Waals surface area contributed by atoms with Gasteiger partial charge in [-0.25, -0.2) is 8.42 Å². The minimum Gasteiger partial charge on any atom is -0.310 e. The summed E-state index contributed by atoms with van der Waals surface area (Å²) >= 11 is 6.83. The average Bonchev–Trinajstić information content (AvgIpc) is 2.72. The quantitative estimate of drug-likeness (QED) is 0.773. The number of benzene rings is 1. The first kappa shape index (κ1) is 15.9. The first-order chi connectivity index (χ1) is 9.88. The Kier molecular flexibility index (Phi) is 4.49. The number of halogens is 2. The van der Waals surface area contributed by atoms with E-state index in [2.05, 4.69) is 37.2 Å². The molecule has 21 heavy (non-hydrogen) atoms. The van der Waals surface area contributed by atoms with Crippen LogP contribution in [0.25, 0.3) is 0 Å². The summed E-state index contributed by atoms with van der Waals surface area (Å²) in [5, 5.41) is 3.51. The molecule has 0 radical (unpaired) electrons. The molecular formula is C14H18Br2N2O2S. The maximum Gasteiger partial charge on any atom is 0.244 e. The molecule has 2 saturated heterocycles. The third-order valence-electron chi connectivity index (χ3n) is 4.32. The highest BCUT2D eigenvalue weighted by Gasteiger charge is 2.35. The Morgan fingerprint density at radius 1 is 1.14 bits per heavy atom. The van der Waals surface area contributed by atoms with Crippen LogP contribution in [0.5, 0.6) is 0 Å². The number of sulfonamides is 1. The van der Waals surface area contributed by atoms with Gasteiger partial charge in [-0.3, -0.25) is 0 Å². The van der Waals surface area contributed by atoms with Crippen LogP contribution in [0.3, 0.4) is 0 Å². The van der Waals surface area contributed by atoms with E-state index in [1.165, 1.54) is 6.42 Å². The molecule has 2 aliphatic rings. The van der Waals surface area contributed by atoms with E-state index >= 15 is 0 Å². The SMILES string of the molecule is Cc1cc(Br)c(S(=O)(=O)N2CCC3CCC(C2)N3)cc1Br. The van der Waals surface area contributed by atoms with Crippen molar-refractivity contribution in [3.63, 3.8) is 0 Å². The van der Waals surface area contributed by atoms with Crippen LogP contribution < -0.4 is 5.32 Å². The van der Waals surface area contributed by atoms with Crippen LogP contribution in [0, 0.1) is 6.92 Å². The van der Waals surface area contributed by atoms with Crippen LogP contribution in [0.1, 0.15) is 24.8 Å². The fourth-order valence-electron chi connectivity index (χ4n) is 3.09. The van der Waals surface area contributed by atoms with Gasteiger partial charge in [0.25, 0.3) is 0 Å². The number of nitrogens with zero attached hydrogens (tertiary/aromatic N) is 1. The third-order valence-corrected chi connectivity index (χ3v) is 7.99. The molecular weight excluding hydrogens is 420 g/mol. The topological polar surface area (TPSA) is 49.4 Å². The molecule has 1 aromatic carbocycles. The van der Waals surface area contributed by atoms with Crippen molar-refractivity contribution in [3.8, 4) is 0 Å². The van der Waals surface area contributed by atoms with Crippen LogP contribution in [0.15, 0.2) is 26.0 Å². The highest BCUT2D eigenvalue weighted by molar-refractivity contribution is 9.11. The van der Waals surface area contributed by atoms with Gasteiger partial charge in [-0.15, -0.1) is 0 Å². The van der Waals surface area contributed by atoms with E-state index in [4.69, 9.17) is 0 Å². The van der Waals surface area contributed by atoms with Gasteiger partial charge in [0.1, 0.15) is 0 Å². The Bertz CT molecular complexity index is 663. The standard InChI is InChI=1S/C14H18Br2N2O2S/c1-9-6-13(16)14(7-12(9)15)21(19,20)18-5-4-10-2-3-11(8-18)17-10/h6-7,10-11,17H,2-5,8H2,1H3. The Morgan fingerprint density at radius 3 is 2.62 bits per heavy atom. The Hall–Kier alpha value is 0.0500. The summed E-state index contributed by atoms with van der Waals surface area (Å²) in [5.74, 6) is 0. The fourth-order valence-corrected chi connectivity index (χ4v) is 6.23. The van der Waals surface area contributed by atoms with E-state index in [9.17, 15) is 8.42 Å². The number of hydrogen-bond acceptors (Lipinski definition) is 3. The molecule has 116 valence electrons. The second-order valence-electron chi connectivity index (χ2n) is 5.82. The molecule has 0 saturated carbocycles. The van der Waals surface area contributed by atoms with E-state index in [0.29, 0.717) is 34.5 Å². The molecule has 2 aliphatic heterocycles. The van der Waals surface area contributed by atoms with Gasteiger partial charge < -0.3 is 5.32 Å². The molecule has 2 bridgehead atoms. The summed E-state index contributed by atoms with van der Waals surface area (Å²) in [5.41, 5.74) is 1.01. The predicted molar refractivity (Wildman–Crippen MR) is 89.9 cm³/mol. The molecule has 1 aromatic rings. The maximum absolute atomic E-state index is 12.9. The third kappa shape index (κ3) is 3.08. The average molecular weight is 438 g/mol. The van der Waals surface area contributed by atoms with Crippen LogP contribution in [0.2, 0.25) is 0 Å². The van der Waals surface area contributed by atoms with Crippen molar-refractivity contribution in [2.75, 3.05) is 13.1 Å². The van der Waals surface area contributed by atoms with Gasteiger partial charge >= 0.3 is 0 Å². The van der Waals surface area contributed by atoms with Gasteiger partial charge in [-0.05, 0) is 59.8 Å². The predicted octanol–water partition coefficient (Wildman–Crippen LogP) is 3.04. The van der Waals surface area contributed by atoms with Crippen LogP contribution >= 0.6 is 31.9 Å². The zero-order valence-corrected chi connectivity index (χ0v) is 15.8. The van der Waals surface area contributed by atoms with Crippen LogP contribution in [-0.2, 0) is 10.0 Å². The Labute approximate surface area is 142 Å². The Morgan fingerprint density at radius 2 is 1.86 bits per heavy atom. The van der Waals surface area contributed by atoms with Gasteiger partial charge in [-0.2, -0.15) is 4.31 Å². The lowest BCUT2D eigenvalue weighted by Gasteiger charge is -2.24. The minimum atomic E-state index is -3.46. The lowest BCUT2D eigenvalue weighted by molar-refractivity contribution is 0.383. The fraction of sp³-hybridized carbons (Fsp3) is 0.571. The molecule has 1 N–H and O–H groups in total. The normalized spacial score (nSPS) is 26.8. The van der Waals surface area contributed by atoms with E-state index in [-0.39, 0.29) is 0 Å². The highest BCUT2D eigenvalue weighted by Crippen LogP contribution is 2.32. The van der Waals surface area contributed by atoms with Crippen molar-refractivity contribution >= 4 is 41.9 Å². The molecule has 0 amide bonds. The monoisotopic (exact) mass is 436 g/mol. The van der Waals surface area contributed by atoms with E-state index in [1.54, 1.807) is 10.4 Å².